The Morgan fingerprint density at radius 2 is 1.84 bits per heavy atom. The normalized spacial score (nSPS) is 12.2. The Labute approximate surface area is 113 Å². The van der Waals surface area contributed by atoms with E-state index in [1.54, 1.807) is 13.2 Å². The van der Waals surface area contributed by atoms with Crippen molar-refractivity contribution in [1.82, 2.24) is 5.32 Å². The van der Waals surface area contributed by atoms with Gasteiger partial charge >= 0.3 is 0 Å². The number of nitrogens with one attached hydrogen (secondary N) is 1. The van der Waals surface area contributed by atoms with Gasteiger partial charge in [0, 0.05) is 17.2 Å². The molecule has 2 nitrogen and oxygen atoms in total. The molecule has 3 heteroatoms. The van der Waals surface area contributed by atoms with Gasteiger partial charge in [-0.1, -0.05) is 24.3 Å². The van der Waals surface area contributed by atoms with Crippen LogP contribution in [0.4, 0.5) is 4.39 Å². The summed E-state index contributed by atoms with van der Waals surface area (Å²) >= 11 is 0. The molecule has 100 valence electrons. The lowest BCUT2D eigenvalue weighted by molar-refractivity contribution is 0.416. The minimum Gasteiger partial charge on any atom is -0.496 e. The Hall–Kier alpha value is -1.87. The highest BCUT2D eigenvalue weighted by atomic mass is 19.1. The molecular weight excluding hydrogens is 241 g/mol. The van der Waals surface area contributed by atoms with Crippen LogP contribution in [0.3, 0.4) is 0 Å². The third-order valence-electron chi connectivity index (χ3n) is 3.32. The van der Waals surface area contributed by atoms with Crippen LogP contribution in [0, 0.1) is 5.82 Å². The minimum atomic E-state index is -0.239. The van der Waals surface area contributed by atoms with Crippen LogP contribution < -0.4 is 10.1 Å². The van der Waals surface area contributed by atoms with Crippen LogP contribution in [-0.4, -0.2) is 14.2 Å². The summed E-state index contributed by atoms with van der Waals surface area (Å²) in [4.78, 5) is 0. The molecule has 0 saturated heterocycles. The molecule has 2 aromatic rings. The highest BCUT2D eigenvalue weighted by Gasteiger charge is 2.12. The lowest BCUT2D eigenvalue weighted by atomic mass is 9.99. The second kappa shape index (κ2) is 5.85. The number of rotatable bonds is 4. The first-order chi connectivity index (χ1) is 9.17. The van der Waals surface area contributed by atoms with Gasteiger partial charge in [-0.2, -0.15) is 0 Å². The minimum absolute atomic E-state index is 0.175. The van der Waals surface area contributed by atoms with Crippen LogP contribution in [-0.2, 0) is 0 Å². The first kappa shape index (κ1) is 13.6. The van der Waals surface area contributed by atoms with E-state index in [-0.39, 0.29) is 11.9 Å². The van der Waals surface area contributed by atoms with Gasteiger partial charge in [-0.3, -0.25) is 0 Å². The summed E-state index contributed by atoms with van der Waals surface area (Å²) in [5, 5.41) is 3.15. The molecule has 0 heterocycles. The van der Waals surface area contributed by atoms with Gasteiger partial charge in [0.25, 0.3) is 0 Å². The summed E-state index contributed by atoms with van der Waals surface area (Å²) < 4.78 is 19.4. The van der Waals surface area contributed by atoms with Crippen molar-refractivity contribution in [3.63, 3.8) is 0 Å². The molecule has 0 spiro atoms. The second-order valence-corrected chi connectivity index (χ2v) is 4.45. The number of hydrogen-bond donors (Lipinski definition) is 1. The Morgan fingerprint density at radius 3 is 2.53 bits per heavy atom. The van der Waals surface area contributed by atoms with E-state index in [4.69, 9.17) is 4.74 Å². The van der Waals surface area contributed by atoms with Gasteiger partial charge in [-0.05, 0) is 37.7 Å². The Bertz CT molecular complexity index is 568. The van der Waals surface area contributed by atoms with Crippen molar-refractivity contribution < 1.29 is 9.13 Å². The molecule has 2 aromatic carbocycles. The summed E-state index contributed by atoms with van der Waals surface area (Å²) in [5.74, 6) is 0.437. The maximum atomic E-state index is 14.1. The molecule has 2 rings (SSSR count). The predicted octanol–water partition coefficient (Wildman–Crippen LogP) is 3.78. The number of para-hydroxylation sites is 1. The quantitative estimate of drug-likeness (QED) is 0.902. The van der Waals surface area contributed by atoms with Crippen molar-refractivity contribution in [2.45, 2.75) is 13.0 Å². The molecular formula is C16H18FNO. The third kappa shape index (κ3) is 2.76. The third-order valence-corrected chi connectivity index (χ3v) is 3.32. The average Bonchev–Trinajstić information content (AvgIpc) is 2.47. The van der Waals surface area contributed by atoms with Gasteiger partial charge in [0.2, 0.25) is 0 Å². The zero-order valence-corrected chi connectivity index (χ0v) is 11.4. The van der Waals surface area contributed by atoms with E-state index in [1.165, 1.54) is 6.07 Å². The lowest BCUT2D eigenvalue weighted by Gasteiger charge is -2.14. The number of benzene rings is 2. The lowest BCUT2D eigenvalue weighted by Crippen LogP contribution is -2.12. The molecule has 0 amide bonds. The second-order valence-electron chi connectivity index (χ2n) is 4.45. The molecule has 1 atom stereocenters. The topological polar surface area (TPSA) is 21.3 Å². The predicted molar refractivity (Wildman–Crippen MR) is 75.9 cm³/mol. The van der Waals surface area contributed by atoms with Crippen molar-refractivity contribution in [3.05, 3.63) is 53.8 Å². The molecule has 1 unspecified atom stereocenters. The van der Waals surface area contributed by atoms with E-state index in [0.717, 1.165) is 11.1 Å². The molecule has 0 bridgehead atoms. The summed E-state index contributed by atoms with van der Waals surface area (Å²) in [6.45, 7) is 2.04. The highest BCUT2D eigenvalue weighted by Crippen LogP contribution is 2.33. The fourth-order valence-corrected chi connectivity index (χ4v) is 2.05. The zero-order valence-electron chi connectivity index (χ0n) is 11.4. The smallest absolute Gasteiger partial charge is 0.131 e. The largest absolute Gasteiger partial charge is 0.496 e. The Morgan fingerprint density at radius 1 is 1.11 bits per heavy atom. The van der Waals surface area contributed by atoms with Crippen LogP contribution in [0.5, 0.6) is 5.75 Å². The van der Waals surface area contributed by atoms with E-state index in [0.29, 0.717) is 11.3 Å². The van der Waals surface area contributed by atoms with Crippen LogP contribution in [0.2, 0.25) is 0 Å². The van der Waals surface area contributed by atoms with Gasteiger partial charge in [0.15, 0.2) is 0 Å². The summed E-state index contributed by atoms with van der Waals surface area (Å²) in [5.41, 5.74) is 2.38. The molecule has 0 fully saturated rings. The molecule has 19 heavy (non-hydrogen) atoms. The van der Waals surface area contributed by atoms with E-state index in [1.807, 2.05) is 44.3 Å². The highest BCUT2D eigenvalue weighted by molar-refractivity contribution is 5.71. The number of ether oxygens (including phenoxy) is 1. The first-order valence-electron chi connectivity index (χ1n) is 6.27. The molecule has 0 saturated carbocycles. The Kier molecular flexibility index (Phi) is 4.17. The number of methoxy groups -OCH3 is 1. The van der Waals surface area contributed by atoms with Crippen molar-refractivity contribution in [2.24, 2.45) is 0 Å². The van der Waals surface area contributed by atoms with Crippen LogP contribution in [0.25, 0.3) is 11.1 Å². The van der Waals surface area contributed by atoms with E-state index in [9.17, 15) is 4.39 Å². The van der Waals surface area contributed by atoms with Gasteiger partial charge in [0.05, 0.1) is 7.11 Å². The van der Waals surface area contributed by atoms with Gasteiger partial charge < -0.3 is 10.1 Å². The van der Waals surface area contributed by atoms with E-state index >= 15 is 0 Å². The molecule has 0 aliphatic rings. The Balaban J connectivity index is 2.54. The van der Waals surface area contributed by atoms with E-state index in [2.05, 4.69) is 5.32 Å². The maximum Gasteiger partial charge on any atom is 0.131 e. The monoisotopic (exact) mass is 259 g/mol. The van der Waals surface area contributed by atoms with Crippen LogP contribution in [0.15, 0.2) is 42.5 Å². The molecule has 1 N–H and O–H groups in total. The van der Waals surface area contributed by atoms with Gasteiger partial charge in [-0.25, -0.2) is 4.39 Å². The molecule has 0 aliphatic heterocycles. The van der Waals surface area contributed by atoms with Crippen molar-refractivity contribution >= 4 is 0 Å². The number of halogens is 1. The maximum absolute atomic E-state index is 14.1. The molecule has 0 aliphatic carbocycles. The van der Waals surface area contributed by atoms with Crippen molar-refractivity contribution in [1.29, 1.82) is 0 Å². The van der Waals surface area contributed by atoms with Crippen molar-refractivity contribution in [2.75, 3.05) is 14.2 Å². The van der Waals surface area contributed by atoms with Gasteiger partial charge in [0.1, 0.15) is 11.6 Å². The fraction of sp³-hybridized carbons (Fsp3) is 0.250. The van der Waals surface area contributed by atoms with Crippen LogP contribution in [0.1, 0.15) is 18.5 Å². The fourth-order valence-electron chi connectivity index (χ4n) is 2.05. The summed E-state index contributed by atoms with van der Waals surface area (Å²) in [6, 6.07) is 12.8. The van der Waals surface area contributed by atoms with Crippen molar-refractivity contribution in [3.8, 4) is 16.9 Å². The summed E-state index contributed by atoms with van der Waals surface area (Å²) in [6.07, 6.45) is 0. The molecule has 0 radical (unpaired) electrons. The zero-order chi connectivity index (χ0) is 13.8. The van der Waals surface area contributed by atoms with Gasteiger partial charge in [-0.15, -0.1) is 0 Å². The average molecular weight is 259 g/mol. The number of hydrogen-bond acceptors (Lipinski definition) is 2. The summed E-state index contributed by atoms with van der Waals surface area (Å²) in [7, 11) is 3.48. The first-order valence-corrected chi connectivity index (χ1v) is 6.27. The SMILES string of the molecule is CNC(C)c1ccc(F)c(-c2ccccc2OC)c1. The molecule has 0 aromatic heterocycles. The van der Waals surface area contributed by atoms with E-state index < -0.39 is 0 Å². The standard InChI is InChI=1S/C16H18FNO/c1-11(18-2)12-8-9-15(17)14(10-12)13-6-4-5-7-16(13)19-3/h4-11,18H,1-3H3. The van der Waals surface area contributed by atoms with Crippen LogP contribution >= 0.6 is 0 Å².